The van der Waals surface area contributed by atoms with Crippen LogP contribution < -0.4 is 11.1 Å². The van der Waals surface area contributed by atoms with E-state index in [4.69, 9.17) is 5.73 Å². The van der Waals surface area contributed by atoms with Crippen molar-refractivity contribution in [1.82, 2.24) is 10.2 Å². The number of nitrogens with two attached hydrogens (primary N) is 1. The van der Waals surface area contributed by atoms with Crippen LogP contribution in [-0.4, -0.2) is 28.4 Å². The van der Waals surface area contributed by atoms with Crippen molar-refractivity contribution in [2.45, 2.75) is 18.2 Å². The summed E-state index contributed by atoms with van der Waals surface area (Å²) >= 11 is 3.17. The van der Waals surface area contributed by atoms with Gasteiger partial charge in [-0.2, -0.15) is 0 Å². The number of carbonyl (C=O) groups is 1. The van der Waals surface area contributed by atoms with E-state index in [1.54, 1.807) is 11.8 Å². The molecular weight excluding hydrogens is 292 g/mol. The number of nitrogens with one attached hydrogen (secondary N) is 1. The first kappa shape index (κ1) is 15.0. The number of amides is 1. The molecule has 0 unspecified atom stereocenters. The van der Waals surface area contributed by atoms with Crippen molar-refractivity contribution >= 4 is 34.1 Å². The van der Waals surface area contributed by atoms with Crippen molar-refractivity contribution in [3.63, 3.8) is 0 Å². The van der Waals surface area contributed by atoms with Gasteiger partial charge in [-0.1, -0.05) is 29.0 Å². The number of carbonyl (C=O) groups excluding carboxylic acids is 1. The van der Waals surface area contributed by atoms with Crippen LogP contribution in [0, 0.1) is 6.92 Å². The second-order valence-electron chi connectivity index (χ2n) is 4.16. The number of anilines is 1. The quantitative estimate of drug-likeness (QED) is 0.799. The van der Waals surface area contributed by atoms with Crippen molar-refractivity contribution in [3.05, 3.63) is 34.8 Å². The van der Waals surface area contributed by atoms with Gasteiger partial charge in [0, 0.05) is 17.1 Å². The Morgan fingerprint density at radius 3 is 2.80 bits per heavy atom. The highest BCUT2D eigenvalue weighted by atomic mass is 32.2. The summed E-state index contributed by atoms with van der Waals surface area (Å²) < 4.78 is 0. The fraction of sp³-hybridized carbons (Fsp3) is 0.308. The van der Waals surface area contributed by atoms with Gasteiger partial charge in [0.25, 0.3) is 0 Å². The van der Waals surface area contributed by atoms with E-state index < -0.39 is 0 Å². The summed E-state index contributed by atoms with van der Waals surface area (Å²) in [7, 11) is 0. The summed E-state index contributed by atoms with van der Waals surface area (Å²) in [5, 5.41) is 12.0. The van der Waals surface area contributed by atoms with Gasteiger partial charge in [0.15, 0.2) is 0 Å². The molecule has 0 bridgehead atoms. The van der Waals surface area contributed by atoms with Crippen LogP contribution in [-0.2, 0) is 11.2 Å². The van der Waals surface area contributed by atoms with E-state index in [1.165, 1.54) is 21.8 Å². The highest BCUT2D eigenvalue weighted by Crippen LogP contribution is 2.21. The minimum atomic E-state index is -0.248. The van der Waals surface area contributed by atoms with E-state index in [-0.39, 0.29) is 12.5 Å². The van der Waals surface area contributed by atoms with Crippen LogP contribution >= 0.6 is 23.1 Å². The highest BCUT2D eigenvalue weighted by molar-refractivity contribution is 7.99. The zero-order valence-electron chi connectivity index (χ0n) is 11.1. The van der Waals surface area contributed by atoms with Crippen LogP contribution in [0.3, 0.4) is 0 Å². The first-order valence-corrected chi connectivity index (χ1v) is 7.99. The summed E-state index contributed by atoms with van der Waals surface area (Å²) in [6.07, 6.45) is 0.828. The predicted molar refractivity (Wildman–Crippen MR) is 83.2 cm³/mol. The maximum Gasteiger partial charge on any atom is 0.239 e. The summed E-state index contributed by atoms with van der Waals surface area (Å²) in [6.45, 7) is 2.03. The summed E-state index contributed by atoms with van der Waals surface area (Å²) in [4.78, 5) is 12.4. The molecular formula is C13H16N4OS2. The van der Waals surface area contributed by atoms with E-state index in [0.717, 1.165) is 17.2 Å². The number of nitrogens with zero attached hydrogens (tertiary/aromatic N) is 2. The van der Waals surface area contributed by atoms with Gasteiger partial charge in [0.2, 0.25) is 11.0 Å². The molecule has 0 aliphatic heterocycles. The average molecular weight is 308 g/mol. The Balaban J connectivity index is 1.79. The molecule has 5 nitrogen and oxygen atoms in total. The van der Waals surface area contributed by atoms with Gasteiger partial charge >= 0.3 is 0 Å². The number of thioether (sulfide) groups is 1. The first-order valence-electron chi connectivity index (χ1n) is 6.19. The Hall–Kier alpha value is -1.44. The van der Waals surface area contributed by atoms with Crippen molar-refractivity contribution in [2.24, 2.45) is 5.73 Å². The Labute approximate surface area is 126 Å². The number of rotatable bonds is 6. The fourth-order valence-corrected chi connectivity index (χ4v) is 3.21. The molecule has 20 heavy (non-hydrogen) atoms. The Bertz CT molecular complexity index is 568. The van der Waals surface area contributed by atoms with Gasteiger partial charge in [0.05, 0.1) is 6.54 Å². The first-order chi connectivity index (χ1) is 9.67. The van der Waals surface area contributed by atoms with Crippen molar-refractivity contribution in [3.8, 4) is 0 Å². The molecule has 106 valence electrons. The maximum absolute atomic E-state index is 11.1. The normalized spacial score (nSPS) is 10.5. The summed E-state index contributed by atoms with van der Waals surface area (Å²) in [5.74, 6) is 0.685. The Morgan fingerprint density at radius 2 is 2.10 bits per heavy atom. The zero-order valence-corrected chi connectivity index (χ0v) is 12.8. The molecule has 0 fully saturated rings. The van der Waals surface area contributed by atoms with Crippen molar-refractivity contribution in [2.75, 3.05) is 17.6 Å². The Kier molecular flexibility index (Phi) is 5.51. The summed E-state index contributed by atoms with van der Waals surface area (Å²) in [6, 6.07) is 8.45. The van der Waals surface area contributed by atoms with Crippen LogP contribution in [0.2, 0.25) is 0 Å². The SMILES string of the molecule is Cc1ccc(SCCc2nnc(NC(=O)CN)s2)cc1. The third-order valence-corrected chi connectivity index (χ3v) is 4.42. The smallest absolute Gasteiger partial charge is 0.239 e. The van der Waals surface area contributed by atoms with E-state index in [0.29, 0.717) is 5.13 Å². The monoisotopic (exact) mass is 308 g/mol. The minimum absolute atomic E-state index is 0.0435. The molecule has 0 saturated carbocycles. The molecule has 3 N–H and O–H groups in total. The zero-order chi connectivity index (χ0) is 14.4. The maximum atomic E-state index is 11.1. The number of aryl methyl sites for hydroxylation is 2. The molecule has 0 saturated heterocycles. The van der Waals surface area contributed by atoms with E-state index in [2.05, 4.69) is 46.7 Å². The van der Waals surface area contributed by atoms with Crippen molar-refractivity contribution < 1.29 is 4.79 Å². The largest absolute Gasteiger partial charge is 0.322 e. The fourth-order valence-electron chi connectivity index (χ4n) is 1.47. The molecule has 0 aliphatic rings. The van der Waals surface area contributed by atoms with Gasteiger partial charge in [0.1, 0.15) is 5.01 Å². The predicted octanol–water partition coefficient (Wildman–Crippen LogP) is 2.08. The van der Waals surface area contributed by atoms with Crippen LogP contribution in [0.15, 0.2) is 29.2 Å². The third-order valence-electron chi connectivity index (χ3n) is 2.50. The minimum Gasteiger partial charge on any atom is -0.322 e. The summed E-state index contributed by atoms with van der Waals surface area (Å²) in [5.41, 5.74) is 6.49. The molecule has 1 aromatic heterocycles. The second-order valence-corrected chi connectivity index (χ2v) is 6.40. The lowest BCUT2D eigenvalue weighted by Crippen LogP contribution is -2.21. The topological polar surface area (TPSA) is 80.9 Å². The van der Waals surface area contributed by atoms with Crippen molar-refractivity contribution in [1.29, 1.82) is 0 Å². The molecule has 0 radical (unpaired) electrons. The molecule has 0 aliphatic carbocycles. The van der Waals surface area contributed by atoms with Crippen LogP contribution in [0.5, 0.6) is 0 Å². The van der Waals surface area contributed by atoms with Gasteiger partial charge in [-0.25, -0.2) is 0 Å². The van der Waals surface area contributed by atoms with Gasteiger partial charge in [-0.3, -0.25) is 10.1 Å². The highest BCUT2D eigenvalue weighted by Gasteiger charge is 2.06. The lowest BCUT2D eigenvalue weighted by Gasteiger charge is -2.00. The molecule has 2 rings (SSSR count). The Morgan fingerprint density at radius 1 is 1.35 bits per heavy atom. The number of hydrogen-bond donors (Lipinski definition) is 2. The average Bonchev–Trinajstić information content (AvgIpc) is 2.88. The molecule has 1 aromatic carbocycles. The second kappa shape index (κ2) is 7.37. The molecule has 1 heterocycles. The molecule has 0 atom stereocenters. The number of aromatic nitrogens is 2. The third kappa shape index (κ3) is 4.59. The molecule has 1 amide bonds. The standard InChI is InChI=1S/C13H16N4OS2/c1-9-2-4-10(5-3-9)19-7-6-12-16-17-13(20-12)15-11(18)8-14/h2-5H,6-8,14H2,1H3,(H,15,17,18). The van der Waals surface area contributed by atoms with E-state index in [1.807, 2.05) is 0 Å². The van der Waals surface area contributed by atoms with E-state index >= 15 is 0 Å². The number of benzene rings is 1. The molecule has 0 spiro atoms. The van der Waals surface area contributed by atoms with Crippen LogP contribution in [0.1, 0.15) is 10.6 Å². The molecule has 2 aromatic rings. The molecule has 7 heteroatoms. The lowest BCUT2D eigenvalue weighted by atomic mass is 10.2. The van der Waals surface area contributed by atoms with E-state index in [9.17, 15) is 4.79 Å². The van der Waals surface area contributed by atoms with Gasteiger partial charge < -0.3 is 5.73 Å². The number of hydrogen-bond acceptors (Lipinski definition) is 6. The van der Waals surface area contributed by atoms with Crippen LogP contribution in [0.25, 0.3) is 0 Å². The van der Waals surface area contributed by atoms with Crippen LogP contribution in [0.4, 0.5) is 5.13 Å². The van der Waals surface area contributed by atoms with Gasteiger partial charge in [-0.05, 0) is 19.1 Å². The lowest BCUT2D eigenvalue weighted by molar-refractivity contribution is -0.114. The van der Waals surface area contributed by atoms with Gasteiger partial charge in [-0.15, -0.1) is 22.0 Å².